The van der Waals surface area contributed by atoms with Crippen molar-refractivity contribution < 1.29 is 42.9 Å². The molecular formula is C38H45BrF2N4O7. The predicted molar refractivity (Wildman–Crippen MR) is 193 cm³/mol. The zero-order valence-corrected chi connectivity index (χ0v) is 30.6. The molecule has 0 spiro atoms. The quantitative estimate of drug-likeness (QED) is 0.209. The Kier molecular flexibility index (Phi) is 13.1. The summed E-state index contributed by atoms with van der Waals surface area (Å²) >= 11 is 3.55. The Labute approximate surface area is 309 Å². The number of alkyl halides is 2. The second-order valence-corrected chi connectivity index (χ2v) is 14.4. The minimum Gasteiger partial charge on any atom is -0.471 e. The lowest BCUT2D eigenvalue weighted by atomic mass is 9.91. The van der Waals surface area contributed by atoms with Crippen LogP contribution in [0.1, 0.15) is 58.3 Å². The third-order valence-corrected chi connectivity index (χ3v) is 10.2. The van der Waals surface area contributed by atoms with Gasteiger partial charge in [-0.2, -0.15) is 0 Å². The van der Waals surface area contributed by atoms with Gasteiger partial charge in [0.05, 0.1) is 41.7 Å². The summed E-state index contributed by atoms with van der Waals surface area (Å²) in [6, 6.07) is 13.8. The van der Waals surface area contributed by atoms with E-state index < -0.39 is 42.7 Å². The standard InChI is InChI=1S/C35H39BrN4O5.C3H6F2O2/c1-2-44-34(43)35-19-23(35)12-6-4-3-5-7-14-26(37)33(42)40-21-25(18-29(40)30(41)20-35)45-32-31(22-11-10-13-24(36)17-22)38-27-15-8-9-16-28(27)39-32;4-3(5,1-6)2-7/h6,8-13,15-17,23,25-26,29H,2-5,7,14,18-21,37H2,1H3;6-7H,1-2H2/b12-6-;/t23-,25-,26+,29+,35-;/m1./s1. The fraction of sp³-hybridized carbons (Fsp3) is 0.500. The van der Waals surface area contributed by atoms with Crippen LogP contribution >= 0.6 is 15.9 Å². The first-order chi connectivity index (χ1) is 24.9. The molecule has 52 heavy (non-hydrogen) atoms. The van der Waals surface area contributed by atoms with Gasteiger partial charge in [0.25, 0.3) is 5.92 Å². The van der Waals surface area contributed by atoms with Crippen LogP contribution in [0.2, 0.25) is 0 Å². The predicted octanol–water partition coefficient (Wildman–Crippen LogP) is 5.39. The van der Waals surface area contributed by atoms with Gasteiger partial charge in [0.1, 0.15) is 25.0 Å². The molecule has 2 fully saturated rings. The fourth-order valence-corrected chi connectivity index (χ4v) is 7.13. The van der Waals surface area contributed by atoms with Crippen molar-refractivity contribution >= 4 is 44.6 Å². The van der Waals surface area contributed by atoms with Gasteiger partial charge >= 0.3 is 5.97 Å². The number of esters is 1. The Morgan fingerprint density at radius 1 is 1.08 bits per heavy atom. The average molecular weight is 788 g/mol. The Bertz CT molecular complexity index is 1770. The van der Waals surface area contributed by atoms with E-state index in [0.29, 0.717) is 29.9 Å². The Balaban J connectivity index is 0.000000679. The van der Waals surface area contributed by atoms with Crippen molar-refractivity contribution in [2.45, 2.75) is 82.4 Å². The minimum atomic E-state index is -3.31. The Morgan fingerprint density at radius 3 is 2.48 bits per heavy atom. The molecule has 4 N–H and O–H groups in total. The normalized spacial score (nSPS) is 25.9. The molecule has 11 nitrogen and oxygen atoms in total. The number of ether oxygens (including phenoxy) is 2. The first-order valence-electron chi connectivity index (χ1n) is 17.6. The maximum Gasteiger partial charge on any atom is 0.313 e. The van der Waals surface area contributed by atoms with Gasteiger partial charge in [0, 0.05) is 22.9 Å². The summed E-state index contributed by atoms with van der Waals surface area (Å²) in [5, 5.41) is 15.4. The zero-order chi connectivity index (χ0) is 37.5. The van der Waals surface area contributed by atoms with Gasteiger partial charge in [-0.1, -0.05) is 65.2 Å². The van der Waals surface area contributed by atoms with Crippen LogP contribution in [-0.4, -0.2) is 93.2 Å². The van der Waals surface area contributed by atoms with Gasteiger partial charge in [0.15, 0.2) is 5.78 Å². The minimum absolute atomic E-state index is 0.0102. The third-order valence-electron chi connectivity index (χ3n) is 9.67. The molecule has 0 radical (unpaired) electrons. The molecule has 1 saturated carbocycles. The van der Waals surface area contributed by atoms with E-state index in [2.05, 4.69) is 28.1 Å². The summed E-state index contributed by atoms with van der Waals surface area (Å²) in [4.78, 5) is 52.3. The highest BCUT2D eigenvalue weighted by atomic mass is 79.9. The third kappa shape index (κ3) is 9.38. The molecule has 2 aliphatic heterocycles. The van der Waals surface area contributed by atoms with E-state index in [4.69, 9.17) is 35.4 Å². The van der Waals surface area contributed by atoms with Crippen LogP contribution in [0.4, 0.5) is 8.78 Å². The first-order valence-corrected chi connectivity index (χ1v) is 18.4. The number of nitrogens with zero attached hydrogens (tertiary/aromatic N) is 3. The number of benzene rings is 2. The van der Waals surface area contributed by atoms with Crippen LogP contribution in [0.5, 0.6) is 5.88 Å². The number of aromatic nitrogens is 2. The Hall–Kier alpha value is -3.85. The first kappa shape index (κ1) is 39.4. The number of ketones is 1. The number of carbonyl (C=O) groups is 3. The number of hydrogen-bond acceptors (Lipinski definition) is 10. The number of para-hydroxylation sites is 2. The summed E-state index contributed by atoms with van der Waals surface area (Å²) in [5.41, 5.74) is 8.34. The molecule has 1 aliphatic carbocycles. The summed E-state index contributed by atoms with van der Waals surface area (Å²) in [6.07, 6.45) is 8.69. The molecule has 0 unspecified atom stereocenters. The summed E-state index contributed by atoms with van der Waals surface area (Å²) < 4.78 is 35.6. The largest absolute Gasteiger partial charge is 0.471 e. The summed E-state index contributed by atoms with van der Waals surface area (Å²) in [7, 11) is 0. The van der Waals surface area contributed by atoms with Gasteiger partial charge in [-0.25, -0.2) is 18.7 Å². The van der Waals surface area contributed by atoms with Gasteiger partial charge < -0.3 is 30.3 Å². The summed E-state index contributed by atoms with van der Waals surface area (Å²) in [5.74, 6) is -3.80. The van der Waals surface area contributed by atoms with E-state index in [-0.39, 0.29) is 49.6 Å². The van der Waals surface area contributed by atoms with Crippen LogP contribution in [0.15, 0.2) is 65.2 Å². The van der Waals surface area contributed by atoms with Crippen molar-refractivity contribution in [2.75, 3.05) is 26.4 Å². The van der Waals surface area contributed by atoms with E-state index in [1.54, 1.807) is 11.8 Å². The molecule has 1 amide bonds. The fourth-order valence-electron chi connectivity index (χ4n) is 6.73. The van der Waals surface area contributed by atoms with Crippen molar-refractivity contribution in [1.29, 1.82) is 0 Å². The number of allylic oxidation sites excluding steroid dienone is 2. The Morgan fingerprint density at radius 2 is 1.81 bits per heavy atom. The second-order valence-electron chi connectivity index (χ2n) is 13.5. The SMILES string of the molecule is CCOC(=O)[C@]12CC(=O)[C@@H]3C[C@@H](Oc4nc5ccccc5nc4-c4cccc(Br)c4)CN3C(=O)[C@@H](N)CCCCC/C=C\[C@@H]1C2.OCC(F)(F)CO. The van der Waals surface area contributed by atoms with Crippen LogP contribution < -0.4 is 10.5 Å². The van der Waals surface area contributed by atoms with Crippen LogP contribution in [-0.2, 0) is 19.1 Å². The molecule has 3 aromatic rings. The number of aliphatic hydroxyl groups excluding tert-OH is 2. The molecule has 2 aromatic carbocycles. The highest BCUT2D eigenvalue weighted by Gasteiger charge is 2.61. The van der Waals surface area contributed by atoms with Gasteiger partial charge in [-0.15, -0.1) is 0 Å². The van der Waals surface area contributed by atoms with Gasteiger partial charge in [-0.3, -0.25) is 14.4 Å². The number of hydrogen-bond donors (Lipinski definition) is 3. The van der Waals surface area contributed by atoms with Crippen molar-refractivity contribution in [2.24, 2.45) is 17.1 Å². The maximum absolute atomic E-state index is 14.1. The van der Waals surface area contributed by atoms with Crippen molar-refractivity contribution in [3.05, 3.63) is 65.2 Å². The molecule has 5 atom stereocenters. The van der Waals surface area contributed by atoms with Crippen molar-refractivity contribution in [3.8, 4) is 17.1 Å². The smallest absolute Gasteiger partial charge is 0.313 e. The number of amides is 1. The highest BCUT2D eigenvalue weighted by Crippen LogP contribution is 2.57. The number of halogens is 3. The van der Waals surface area contributed by atoms with E-state index in [9.17, 15) is 23.2 Å². The lowest BCUT2D eigenvalue weighted by Crippen LogP contribution is -2.49. The molecule has 0 bridgehead atoms. The number of aliphatic hydroxyl groups is 2. The molecule has 14 heteroatoms. The lowest BCUT2D eigenvalue weighted by molar-refractivity contribution is -0.152. The molecule has 6 rings (SSSR count). The van der Waals surface area contributed by atoms with E-state index in [0.717, 1.165) is 41.2 Å². The van der Waals surface area contributed by atoms with Crippen LogP contribution in [0.25, 0.3) is 22.3 Å². The molecule has 3 aliphatic rings. The van der Waals surface area contributed by atoms with Crippen LogP contribution in [0.3, 0.4) is 0 Å². The van der Waals surface area contributed by atoms with E-state index >= 15 is 0 Å². The number of Topliss-reactive ketones (excluding diaryl/α,β-unsaturated/α-hetero) is 1. The zero-order valence-electron chi connectivity index (χ0n) is 29.1. The van der Waals surface area contributed by atoms with E-state index in [1.165, 1.54) is 0 Å². The summed E-state index contributed by atoms with van der Waals surface area (Å²) in [6.45, 7) is -0.371. The maximum atomic E-state index is 14.1. The molecule has 280 valence electrons. The average Bonchev–Trinajstić information content (AvgIpc) is 3.67. The highest BCUT2D eigenvalue weighted by molar-refractivity contribution is 9.10. The number of rotatable bonds is 7. The monoisotopic (exact) mass is 786 g/mol. The second kappa shape index (κ2) is 17.3. The molecule has 1 aromatic heterocycles. The van der Waals surface area contributed by atoms with Crippen LogP contribution in [0, 0.1) is 11.3 Å². The van der Waals surface area contributed by atoms with Gasteiger partial charge in [-0.05, 0) is 62.8 Å². The number of carbonyl (C=O) groups excluding carboxylic acids is 3. The number of fused-ring (bicyclic) bond motifs is 3. The van der Waals surface area contributed by atoms with Crippen molar-refractivity contribution in [3.63, 3.8) is 0 Å². The lowest BCUT2D eigenvalue weighted by Gasteiger charge is -2.27. The number of nitrogens with two attached hydrogens (primary N) is 1. The molecular weight excluding hydrogens is 742 g/mol. The molecule has 1 saturated heterocycles. The topological polar surface area (TPSA) is 165 Å². The van der Waals surface area contributed by atoms with Gasteiger partial charge in [0.2, 0.25) is 11.8 Å². The molecule has 3 heterocycles. The van der Waals surface area contributed by atoms with E-state index in [1.807, 2.05) is 48.5 Å². The van der Waals surface area contributed by atoms with Crippen molar-refractivity contribution in [1.82, 2.24) is 14.9 Å².